The van der Waals surface area contributed by atoms with Gasteiger partial charge in [0.05, 0.1) is 7.11 Å². The van der Waals surface area contributed by atoms with E-state index in [9.17, 15) is 13.5 Å². The largest absolute Gasteiger partial charge is 0.503 e. The summed E-state index contributed by atoms with van der Waals surface area (Å²) in [6.45, 7) is 2.34. The second kappa shape index (κ2) is 3.88. The topological polar surface area (TPSA) is 94.1 Å². The Morgan fingerprint density at radius 3 is 2.76 bits per heavy atom. The molecule has 1 aliphatic heterocycles. The van der Waals surface area contributed by atoms with Crippen LogP contribution in [0.1, 0.15) is 6.92 Å². The first-order valence-electron chi connectivity index (χ1n) is 4.80. The lowest BCUT2D eigenvalue weighted by atomic mass is 10.2. The van der Waals surface area contributed by atoms with E-state index >= 15 is 0 Å². The molecule has 0 saturated carbocycles. The van der Waals surface area contributed by atoms with E-state index in [0.29, 0.717) is 6.54 Å². The lowest BCUT2D eigenvalue weighted by molar-refractivity contribution is 0.404. The van der Waals surface area contributed by atoms with Crippen molar-refractivity contribution < 1.29 is 26.6 Å². The summed E-state index contributed by atoms with van der Waals surface area (Å²) in [5, 5.41) is 12.7. The van der Waals surface area contributed by atoms with E-state index in [1.165, 1.54) is 13.2 Å². The SMILES string of the molecule is CCNc1c(OC)cc2c(c1O)OS(=O)(=O)O2. The third-order valence-electron chi connectivity index (χ3n) is 2.13. The van der Waals surface area contributed by atoms with Crippen LogP contribution in [0, 0.1) is 0 Å². The summed E-state index contributed by atoms with van der Waals surface area (Å²) in [4.78, 5) is 0. The standard InChI is InChI=1S/C9H11NO6S/c1-3-10-7-5(14-2)4-6-9(8(7)11)16-17(12,13)15-6/h4,10-11H,3H2,1-2H3. The molecule has 0 spiro atoms. The second-order valence-corrected chi connectivity index (χ2v) is 4.38. The van der Waals surface area contributed by atoms with Gasteiger partial charge in [-0.3, -0.25) is 0 Å². The average molecular weight is 261 g/mol. The van der Waals surface area contributed by atoms with Gasteiger partial charge in [0, 0.05) is 12.6 Å². The van der Waals surface area contributed by atoms with Crippen LogP contribution in [0.5, 0.6) is 23.0 Å². The number of phenols is 1. The highest BCUT2D eigenvalue weighted by molar-refractivity contribution is 7.82. The molecular weight excluding hydrogens is 250 g/mol. The fourth-order valence-electron chi connectivity index (χ4n) is 1.48. The molecule has 2 N–H and O–H groups in total. The highest BCUT2D eigenvalue weighted by Gasteiger charge is 2.34. The van der Waals surface area contributed by atoms with Crippen molar-refractivity contribution in [2.24, 2.45) is 0 Å². The number of phenolic OH excluding ortho intramolecular Hbond substituents is 1. The number of ether oxygens (including phenoxy) is 1. The quantitative estimate of drug-likeness (QED) is 0.779. The van der Waals surface area contributed by atoms with Gasteiger partial charge in [0.25, 0.3) is 0 Å². The maximum absolute atomic E-state index is 11.1. The van der Waals surface area contributed by atoms with E-state index < -0.39 is 10.4 Å². The molecule has 0 radical (unpaired) electrons. The molecule has 0 fully saturated rings. The van der Waals surface area contributed by atoms with Crippen molar-refractivity contribution in [3.05, 3.63) is 6.07 Å². The van der Waals surface area contributed by atoms with Crippen LogP contribution in [-0.4, -0.2) is 27.2 Å². The Kier molecular flexibility index (Phi) is 2.66. The van der Waals surface area contributed by atoms with Crippen LogP contribution in [0.4, 0.5) is 5.69 Å². The zero-order chi connectivity index (χ0) is 12.6. The first-order chi connectivity index (χ1) is 7.98. The zero-order valence-corrected chi connectivity index (χ0v) is 10.00. The van der Waals surface area contributed by atoms with Gasteiger partial charge in [-0.15, -0.1) is 8.42 Å². The Labute approximate surface area is 98.2 Å². The van der Waals surface area contributed by atoms with Gasteiger partial charge in [0.1, 0.15) is 11.4 Å². The van der Waals surface area contributed by atoms with Gasteiger partial charge in [0.2, 0.25) is 5.75 Å². The number of hydrogen-bond donors (Lipinski definition) is 2. The van der Waals surface area contributed by atoms with E-state index in [1.807, 2.05) is 6.92 Å². The third kappa shape index (κ3) is 1.91. The molecule has 94 valence electrons. The van der Waals surface area contributed by atoms with E-state index in [2.05, 4.69) is 13.7 Å². The van der Waals surface area contributed by atoms with Crippen molar-refractivity contribution in [1.29, 1.82) is 0 Å². The predicted molar refractivity (Wildman–Crippen MR) is 59.0 cm³/mol. The van der Waals surface area contributed by atoms with E-state index in [-0.39, 0.29) is 28.7 Å². The zero-order valence-electron chi connectivity index (χ0n) is 9.18. The van der Waals surface area contributed by atoms with E-state index in [0.717, 1.165) is 0 Å². The molecule has 8 heteroatoms. The Balaban J connectivity index is 2.59. The maximum atomic E-state index is 11.1. The highest BCUT2D eigenvalue weighted by Crippen LogP contribution is 2.51. The van der Waals surface area contributed by atoms with Crippen LogP contribution < -0.4 is 18.4 Å². The number of fused-ring (bicyclic) bond motifs is 1. The van der Waals surface area contributed by atoms with E-state index in [1.54, 1.807) is 0 Å². The van der Waals surface area contributed by atoms with E-state index in [4.69, 9.17) is 4.74 Å². The number of benzene rings is 1. The fourth-order valence-corrected chi connectivity index (χ4v) is 2.23. The number of hydrogen-bond acceptors (Lipinski definition) is 7. The summed E-state index contributed by atoms with van der Waals surface area (Å²) >= 11 is 0. The Hall–Kier alpha value is -1.83. The van der Waals surface area contributed by atoms with Gasteiger partial charge in [-0.05, 0) is 6.92 Å². The van der Waals surface area contributed by atoms with Crippen molar-refractivity contribution in [3.8, 4) is 23.0 Å². The summed E-state index contributed by atoms with van der Waals surface area (Å²) in [6, 6.07) is 1.33. The maximum Gasteiger partial charge on any atom is 0.501 e. The van der Waals surface area contributed by atoms with Crippen molar-refractivity contribution >= 4 is 16.1 Å². The number of rotatable bonds is 3. The summed E-state index contributed by atoms with van der Waals surface area (Å²) in [5.74, 6) is -0.422. The molecular formula is C9H11NO6S. The van der Waals surface area contributed by atoms with Crippen LogP contribution in [0.15, 0.2) is 6.07 Å². The van der Waals surface area contributed by atoms with Gasteiger partial charge in [0.15, 0.2) is 11.5 Å². The minimum atomic E-state index is -4.13. The lowest BCUT2D eigenvalue weighted by Gasteiger charge is -2.12. The number of methoxy groups -OCH3 is 1. The first kappa shape index (κ1) is 11.6. The molecule has 0 amide bonds. The van der Waals surface area contributed by atoms with Crippen molar-refractivity contribution in [2.45, 2.75) is 6.92 Å². The predicted octanol–water partition coefficient (Wildman–Crippen LogP) is 0.849. The second-order valence-electron chi connectivity index (χ2n) is 3.23. The Morgan fingerprint density at radius 1 is 1.47 bits per heavy atom. The van der Waals surface area contributed by atoms with Crippen LogP contribution in [0.3, 0.4) is 0 Å². The summed E-state index contributed by atoms with van der Waals surface area (Å²) < 4.78 is 36.3. The summed E-state index contributed by atoms with van der Waals surface area (Å²) in [6.07, 6.45) is 0. The number of nitrogens with one attached hydrogen (secondary N) is 1. The molecule has 0 saturated heterocycles. The van der Waals surface area contributed by atoms with Gasteiger partial charge in [-0.1, -0.05) is 0 Å². The van der Waals surface area contributed by atoms with Crippen LogP contribution in [0.25, 0.3) is 0 Å². The van der Waals surface area contributed by atoms with Gasteiger partial charge >= 0.3 is 10.4 Å². The minimum Gasteiger partial charge on any atom is -0.503 e. The highest BCUT2D eigenvalue weighted by atomic mass is 32.3. The average Bonchev–Trinajstić information content (AvgIpc) is 2.57. The summed E-state index contributed by atoms with van der Waals surface area (Å²) in [7, 11) is -2.73. The molecule has 0 atom stereocenters. The molecule has 1 aromatic rings. The molecule has 0 aliphatic carbocycles. The van der Waals surface area contributed by atoms with Crippen LogP contribution in [0.2, 0.25) is 0 Å². The number of aromatic hydroxyl groups is 1. The molecule has 1 aromatic carbocycles. The van der Waals surface area contributed by atoms with Gasteiger partial charge in [-0.25, -0.2) is 0 Å². The number of anilines is 1. The molecule has 7 nitrogen and oxygen atoms in total. The molecule has 17 heavy (non-hydrogen) atoms. The van der Waals surface area contributed by atoms with Gasteiger partial charge < -0.3 is 23.5 Å². The normalized spacial score (nSPS) is 15.6. The molecule has 0 unspecified atom stereocenters. The smallest absolute Gasteiger partial charge is 0.501 e. The van der Waals surface area contributed by atoms with Crippen molar-refractivity contribution in [1.82, 2.24) is 0 Å². The first-order valence-corrected chi connectivity index (χ1v) is 6.13. The monoisotopic (exact) mass is 261 g/mol. The van der Waals surface area contributed by atoms with Crippen LogP contribution >= 0.6 is 0 Å². The summed E-state index contributed by atoms with van der Waals surface area (Å²) in [5.41, 5.74) is 0.259. The molecule has 0 bridgehead atoms. The van der Waals surface area contributed by atoms with Crippen LogP contribution in [-0.2, 0) is 10.4 Å². The van der Waals surface area contributed by atoms with Crippen molar-refractivity contribution in [2.75, 3.05) is 19.0 Å². The molecule has 2 rings (SSSR count). The Bertz CT molecular complexity index is 553. The fraction of sp³-hybridized carbons (Fsp3) is 0.333. The molecule has 0 aromatic heterocycles. The van der Waals surface area contributed by atoms with Gasteiger partial charge in [-0.2, -0.15) is 0 Å². The molecule has 1 heterocycles. The minimum absolute atomic E-state index is 0.0963. The Morgan fingerprint density at radius 2 is 2.18 bits per heavy atom. The lowest BCUT2D eigenvalue weighted by Crippen LogP contribution is -2.08. The third-order valence-corrected chi connectivity index (χ3v) is 2.89. The molecule has 1 aliphatic rings. The van der Waals surface area contributed by atoms with Crippen molar-refractivity contribution in [3.63, 3.8) is 0 Å².